The second-order valence-electron chi connectivity index (χ2n) is 8.79. The van der Waals surface area contributed by atoms with Crippen LogP contribution < -0.4 is 4.74 Å². The van der Waals surface area contributed by atoms with Crippen molar-refractivity contribution in [2.24, 2.45) is 11.8 Å². The smallest absolute Gasteiger partial charge is 0.338 e. The number of aromatic carboxylic acids is 1. The largest absolute Gasteiger partial charge is 0.487 e. The highest BCUT2D eigenvalue weighted by Gasteiger charge is 2.44. The summed E-state index contributed by atoms with van der Waals surface area (Å²) < 4.78 is 47.9. The predicted octanol–water partition coefficient (Wildman–Crippen LogP) is 4.21. The highest BCUT2D eigenvalue weighted by Crippen LogP contribution is 2.43. The van der Waals surface area contributed by atoms with Crippen molar-refractivity contribution in [2.45, 2.75) is 50.4 Å². The van der Waals surface area contributed by atoms with Crippen molar-refractivity contribution < 1.29 is 38.0 Å². The van der Waals surface area contributed by atoms with Gasteiger partial charge in [-0.05, 0) is 36.1 Å². The van der Waals surface area contributed by atoms with E-state index in [1.807, 2.05) is 0 Å². The molecule has 6 atom stereocenters. The Morgan fingerprint density at radius 1 is 1.21 bits per heavy atom. The van der Waals surface area contributed by atoms with Crippen LogP contribution in [0.1, 0.15) is 47.2 Å². The van der Waals surface area contributed by atoms with Crippen LogP contribution in [0.4, 0.5) is 13.2 Å². The van der Waals surface area contributed by atoms with Gasteiger partial charge in [-0.3, -0.25) is 0 Å². The summed E-state index contributed by atoms with van der Waals surface area (Å²) in [6.45, 7) is 1.62. The highest BCUT2D eigenvalue weighted by atomic mass is 19.1. The minimum Gasteiger partial charge on any atom is -0.487 e. The maximum Gasteiger partial charge on any atom is 0.338 e. The molecule has 2 aromatic rings. The van der Waals surface area contributed by atoms with Crippen LogP contribution in [0.25, 0.3) is 0 Å². The SMILES string of the molecule is C[C@@H](c1ccc(F)cc1F)[C@H](O)/C=C/[C@@H]1[C@H]2CCc3ccc(C(=O)O)c(F)c3O[C@H]2C[C@H]1O. The van der Waals surface area contributed by atoms with E-state index in [2.05, 4.69) is 0 Å². The number of halogens is 3. The molecule has 0 saturated heterocycles. The third-order valence-corrected chi connectivity index (χ3v) is 6.81. The lowest BCUT2D eigenvalue weighted by molar-refractivity contribution is 0.0688. The number of hydrogen-bond donors (Lipinski definition) is 3. The summed E-state index contributed by atoms with van der Waals surface area (Å²) in [4.78, 5) is 11.3. The first kappa shape index (κ1) is 23.3. The fourth-order valence-corrected chi connectivity index (χ4v) is 4.91. The van der Waals surface area contributed by atoms with Gasteiger partial charge in [0, 0.05) is 30.2 Å². The van der Waals surface area contributed by atoms with Crippen LogP contribution in [0.5, 0.6) is 5.75 Å². The van der Waals surface area contributed by atoms with E-state index in [1.54, 1.807) is 19.1 Å². The number of ether oxygens (including phenoxy) is 1. The van der Waals surface area contributed by atoms with Crippen LogP contribution in [0.15, 0.2) is 42.5 Å². The molecular weight excluding hydrogens is 437 g/mol. The maximum absolute atomic E-state index is 14.7. The molecule has 1 aliphatic carbocycles. The molecule has 1 aliphatic heterocycles. The molecule has 4 rings (SSSR count). The second kappa shape index (κ2) is 9.19. The van der Waals surface area contributed by atoms with Gasteiger partial charge < -0.3 is 20.1 Å². The number of aliphatic hydroxyl groups is 2. The lowest BCUT2D eigenvalue weighted by atomic mass is 9.87. The molecule has 176 valence electrons. The van der Waals surface area contributed by atoms with E-state index in [1.165, 1.54) is 18.2 Å². The molecule has 33 heavy (non-hydrogen) atoms. The van der Waals surface area contributed by atoms with Gasteiger partial charge in [-0.25, -0.2) is 18.0 Å². The number of rotatable bonds is 5. The Balaban J connectivity index is 1.51. The molecule has 0 radical (unpaired) electrons. The van der Waals surface area contributed by atoms with Crippen molar-refractivity contribution in [3.63, 3.8) is 0 Å². The van der Waals surface area contributed by atoms with E-state index in [-0.39, 0.29) is 29.6 Å². The fourth-order valence-electron chi connectivity index (χ4n) is 4.91. The zero-order valence-corrected chi connectivity index (χ0v) is 17.9. The highest BCUT2D eigenvalue weighted by molar-refractivity contribution is 5.88. The molecule has 0 spiro atoms. The second-order valence-corrected chi connectivity index (χ2v) is 8.79. The summed E-state index contributed by atoms with van der Waals surface area (Å²) >= 11 is 0. The molecule has 8 heteroatoms. The molecule has 3 N–H and O–H groups in total. The minimum atomic E-state index is -1.38. The Labute approximate surface area is 189 Å². The first-order valence-corrected chi connectivity index (χ1v) is 10.9. The summed E-state index contributed by atoms with van der Waals surface area (Å²) in [5.41, 5.74) is 0.285. The zero-order valence-electron chi connectivity index (χ0n) is 17.9. The number of aryl methyl sites for hydroxylation is 1. The molecule has 1 heterocycles. The zero-order chi connectivity index (χ0) is 23.9. The predicted molar refractivity (Wildman–Crippen MR) is 114 cm³/mol. The normalized spacial score (nSPS) is 26.2. The van der Waals surface area contributed by atoms with Gasteiger partial charge in [-0.2, -0.15) is 0 Å². The number of fused-ring (bicyclic) bond motifs is 2. The molecule has 1 fully saturated rings. The van der Waals surface area contributed by atoms with Gasteiger partial charge in [0.25, 0.3) is 0 Å². The van der Waals surface area contributed by atoms with E-state index in [4.69, 9.17) is 4.74 Å². The fraction of sp³-hybridized carbons (Fsp3) is 0.400. The molecular formula is C25H25F3O5. The van der Waals surface area contributed by atoms with Crippen molar-refractivity contribution in [3.05, 3.63) is 76.6 Å². The van der Waals surface area contributed by atoms with Crippen molar-refractivity contribution in [2.75, 3.05) is 0 Å². The maximum atomic E-state index is 14.7. The van der Waals surface area contributed by atoms with Crippen LogP contribution >= 0.6 is 0 Å². The number of carboxylic acids is 1. The summed E-state index contributed by atoms with van der Waals surface area (Å²) in [6.07, 6.45) is 2.04. The Kier molecular flexibility index (Phi) is 6.50. The first-order chi connectivity index (χ1) is 15.7. The monoisotopic (exact) mass is 462 g/mol. The van der Waals surface area contributed by atoms with E-state index < -0.39 is 53.2 Å². The van der Waals surface area contributed by atoms with E-state index >= 15 is 0 Å². The van der Waals surface area contributed by atoms with E-state index in [9.17, 15) is 33.3 Å². The minimum absolute atomic E-state index is 0.0836. The topological polar surface area (TPSA) is 87.0 Å². The Morgan fingerprint density at radius 3 is 2.67 bits per heavy atom. The summed E-state index contributed by atoms with van der Waals surface area (Å²) in [5.74, 6) is -5.03. The number of hydrogen-bond acceptors (Lipinski definition) is 4. The molecule has 0 aromatic heterocycles. The summed E-state index contributed by atoms with van der Waals surface area (Å²) in [5, 5.41) is 30.3. The van der Waals surface area contributed by atoms with Gasteiger partial charge in [0.05, 0.1) is 17.8 Å². The van der Waals surface area contributed by atoms with Crippen molar-refractivity contribution in [1.82, 2.24) is 0 Å². The van der Waals surface area contributed by atoms with Gasteiger partial charge >= 0.3 is 5.97 Å². The number of aliphatic hydroxyl groups excluding tert-OH is 2. The van der Waals surface area contributed by atoms with E-state index in [0.29, 0.717) is 18.4 Å². The molecule has 0 amide bonds. The molecule has 1 saturated carbocycles. The van der Waals surface area contributed by atoms with Gasteiger partial charge in [0.1, 0.15) is 17.7 Å². The third kappa shape index (κ3) is 4.50. The Bertz CT molecular complexity index is 1090. The van der Waals surface area contributed by atoms with Crippen LogP contribution in [-0.4, -0.2) is 39.6 Å². The quantitative estimate of drug-likeness (QED) is 0.580. The van der Waals surface area contributed by atoms with Crippen LogP contribution in [0.3, 0.4) is 0 Å². The summed E-state index contributed by atoms with van der Waals surface area (Å²) in [7, 11) is 0. The number of benzene rings is 2. The summed E-state index contributed by atoms with van der Waals surface area (Å²) in [6, 6.07) is 5.96. The van der Waals surface area contributed by atoms with Crippen LogP contribution in [0.2, 0.25) is 0 Å². The van der Waals surface area contributed by atoms with Crippen LogP contribution in [-0.2, 0) is 6.42 Å². The van der Waals surface area contributed by atoms with Crippen molar-refractivity contribution in [3.8, 4) is 5.75 Å². The first-order valence-electron chi connectivity index (χ1n) is 10.9. The molecule has 2 aromatic carbocycles. The number of carboxylic acid groups (broad SMARTS) is 1. The molecule has 2 aliphatic rings. The lowest BCUT2D eigenvalue weighted by Gasteiger charge is -2.22. The lowest BCUT2D eigenvalue weighted by Crippen LogP contribution is -2.24. The van der Waals surface area contributed by atoms with E-state index in [0.717, 1.165) is 12.1 Å². The Morgan fingerprint density at radius 2 is 1.97 bits per heavy atom. The average Bonchev–Trinajstić information content (AvgIpc) is 2.93. The standard InChI is InChI=1S/C25H25F3O5/c1-12(15-7-4-14(26)10-19(15)27)20(29)9-8-16-17-5-2-13-3-6-18(25(31)32)23(28)24(13)33-22(17)11-21(16)30/h3-4,6-10,12,16-17,20-22,29-30H,2,5,11H2,1H3,(H,31,32)/b9-8+/t12-,16+,17+,20+,21+,22-/m0/s1. The van der Waals surface area contributed by atoms with Gasteiger partial charge in [0.15, 0.2) is 11.6 Å². The van der Waals surface area contributed by atoms with Gasteiger partial charge in [-0.15, -0.1) is 0 Å². The van der Waals surface area contributed by atoms with Crippen molar-refractivity contribution >= 4 is 5.97 Å². The third-order valence-electron chi connectivity index (χ3n) is 6.81. The molecule has 0 unspecified atom stereocenters. The van der Waals surface area contributed by atoms with Gasteiger partial charge in [-0.1, -0.05) is 31.2 Å². The molecule has 5 nitrogen and oxygen atoms in total. The number of carbonyl (C=O) groups is 1. The van der Waals surface area contributed by atoms with Crippen molar-refractivity contribution in [1.29, 1.82) is 0 Å². The van der Waals surface area contributed by atoms with Crippen LogP contribution in [0, 0.1) is 29.3 Å². The molecule has 0 bridgehead atoms. The Hall–Kier alpha value is -2.84. The average molecular weight is 462 g/mol. The van der Waals surface area contributed by atoms with Gasteiger partial charge in [0.2, 0.25) is 0 Å².